The molecule has 0 aromatic carbocycles. The minimum absolute atomic E-state index is 0.0105. The van der Waals surface area contributed by atoms with Crippen molar-refractivity contribution in [2.75, 3.05) is 12.3 Å². The van der Waals surface area contributed by atoms with Crippen molar-refractivity contribution in [3.8, 4) is 0 Å². The largest absolute Gasteiger partial charge is 0.394 e. The fourth-order valence-corrected chi connectivity index (χ4v) is 1.21. The lowest BCUT2D eigenvalue weighted by atomic mass is 10.2. The van der Waals surface area contributed by atoms with E-state index < -0.39 is 0 Å². The van der Waals surface area contributed by atoms with Crippen molar-refractivity contribution in [3.63, 3.8) is 0 Å². The van der Waals surface area contributed by atoms with E-state index in [0.29, 0.717) is 12.5 Å². The van der Waals surface area contributed by atoms with Gasteiger partial charge in [0.15, 0.2) is 0 Å². The number of rotatable bonds is 4. The number of nitrogens with zero attached hydrogens (tertiary/aromatic N) is 1. The van der Waals surface area contributed by atoms with Crippen LogP contribution in [-0.4, -0.2) is 17.0 Å². The summed E-state index contributed by atoms with van der Waals surface area (Å²) in [6.07, 6.45) is 1.55. The van der Waals surface area contributed by atoms with E-state index in [1.165, 1.54) is 10.6 Å². The minimum atomic E-state index is -0.331. The minimum Gasteiger partial charge on any atom is -0.394 e. The molecule has 1 amide bonds. The molecule has 0 aliphatic rings. The van der Waals surface area contributed by atoms with Gasteiger partial charge in [0.05, 0.1) is 5.69 Å². The molecule has 0 bridgehead atoms. The van der Waals surface area contributed by atoms with Crippen molar-refractivity contribution in [2.45, 2.75) is 20.4 Å². The number of nitrogens with two attached hydrogens (primary N) is 1. The molecule has 0 unspecified atom stereocenters. The van der Waals surface area contributed by atoms with Gasteiger partial charge in [-0.15, -0.1) is 0 Å². The highest BCUT2D eigenvalue weighted by molar-refractivity contribution is 5.75. The van der Waals surface area contributed by atoms with Crippen LogP contribution in [0, 0.1) is 5.92 Å². The lowest BCUT2D eigenvalue weighted by Gasteiger charge is -2.09. The smallest absolute Gasteiger partial charge is 0.274 e. The van der Waals surface area contributed by atoms with E-state index in [1.54, 1.807) is 12.3 Å². The molecule has 0 aliphatic heterocycles. The number of anilines is 1. The van der Waals surface area contributed by atoms with Crippen molar-refractivity contribution < 1.29 is 4.79 Å². The van der Waals surface area contributed by atoms with E-state index in [4.69, 9.17) is 5.73 Å². The second kappa shape index (κ2) is 5.34. The molecule has 1 aromatic heterocycles. The molecule has 0 fully saturated rings. The van der Waals surface area contributed by atoms with Crippen LogP contribution >= 0.6 is 0 Å². The summed E-state index contributed by atoms with van der Waals surface area (Å²) < 4.78 is 1.30. The SMILES string of the molecule is CC(C)CNC(=O)Cn1cccc(N)c1=O. The van der Waals surface area contributed by atoms with Crippen LogP contribution in [0.25, 0.3) is 0 Å². The van der Waals surface area contributed by atoms with Gasteiger partial charge in [0.1, 0.15) is 6.54 Å². The number of hydrogen-bond acceptors (Lipinski definition) is 3. The van der Waals surface area contributed by atoms with E-state index in [2.05, 4.69) is 5.32 Å². The van der Waals surface area contributed by atoms with Crippen molar-refractivity contribution in [2.24, 2.45) is 5.92 Å². The number of pyridine rings is 1. The van der Waals surface area contributed by atoms with Gasteiger partial charge in [0.2, 0.25) is 5.91 Å². The number of nitrogen functional groups attached to an aromatic ring is 1. The molecule has 0 aliphatic carbocycles. The summed E-state index contributed by atoms with van der Waals surface area (Å²) in [6.45, 7) is 4.63. The highest BCUT2D eigenvalue weighted by Gasteiger charge is 2.05. The molecule has 3 N–H and O–H groups in total. The number of hydrogen-bond donors (Lipinski definition) is 2. The number of aromatic nitrogens is 1. The van der Waals surface area contributed by atoms with Crippen molar-refractivity contribution in [3.05, 3.63) is 28.7 Å². The van der Waals surface area contributed by atoms with Gasteiger partial charge >= 0.3 is 0 Å². The first kappa shape index (κ1) is 12.3. The Morgan fingerprint density at radius 3 is 2.88 bits per heavy atom. The number of carbonyl (C=O) groups excluding carboxylic acids is 1. The van der Waals surface area contributed by atoms with E-state index in [9.17, 15) is 9.59 Å². The second-order valence-corrected chi connectivity index (χ2v) is 4.09. The van der Waals surface area contributed by atoms with Crippen LogP contribution in [0.2, 0.25) is 0 Å². The lowest BCUT2D eigenvalue weighted by Crippen LogP contribution is -2.34. The van der Waals surface area contributed by atoms with E-state index in [-0.39, 0.29) is 23.7 Å². The van der Waals surface area contributed by atoms with Gasteiger partial charge in [0.25, 0.3) is 5.56 Å². The molecule has 0 atom stereocenters. The number of carbonyl (C=O) groups is 1. The first-order chi connectivity index (χ1) is 7.50. The number of amides is 1. The average molecular weight is 223 g/mol. The van der Waals surface area contributed by atoms with Crippen molar-refractivity contribution in [1.29, 1.82) is 0 Å². The Morgan fingerprint density at radius 2 is 2.25 bits per heavy atom. The zero-order valence-corrected chi connectivity index (χ0v) is 9.56. The molecular weight excluding hydrogens is 206 g/mol. The summed E-state index contributed by atoms with van der Waals surface area (Å²) in [4.78, 5) is 23.0. The fourth-order valence-electron chi connectivity index (χ4n) is 1.21. The number of nitrogens with one attached hydrogen (secondary N) is 1. The predicted molar refractivity (Wildman–Crippen MR) is 63.0 cm³/mol. The molecule has 0 saturated carbocycles. The molecule has 5 heteroatoms. The maximum atomic E-state index is 11.5. The summed E-state index contributed by atoms with van der Waals surface area (Å²) in [6, 6.07) is 3.16. The lowest BCUT2D eigenvalue weighted by molar-refractivity contribution is -0.121. The zero-order valence-electron chi connectivity index (χ0n) is 9.56. The van der Waals surface area contributed by atoms with Crippen LogP contribution in [0.4, 0.5) is 5.69 Å². The highest BCUT2D eigenvalue weighted by atomic mass is 16.2. The third-order valence-electron chi connectivity index (χ3n) is 2.07. The van der Waals surface area contributed by atoms with Crippen LogP contribution < -0.4 is 16.6 Å². The summed E-state index contributed by atoms with van der Waals surface area (Å²) in [5, 5.41) is 2.74. The third-order valence-corrected chi connectivity index (χ3v) is 2.07. The predicted octanol–water partition coefficient (Wildman–Crippen LogP) is 0.203. The second-order valence-electron chi connectivity index (χ2n) is 4.09. The van der Waals surface area contributed by atoms with E-state index in [0.717, 1.165) is 0 Å². The highest BCUT2D eigenvalue weighted by Crippen LogP contribution is 1.92. The van der Waals surface area contributed by atoms with Crippen LogP contribution in [0.15, 0.2) is 23.1 Å². The maximum Gasteiger partial charge on any atom is 0.274 e. The van der Waals surface area contributed by atoms with Crippen LogP contribution in [0.1, 0.15) is 13.8 Å². The molecular formula is C11H17N3O2. The summed E-state index contributed by atoms with van der Waals surface area (Å²) in [7, 11) is 0. The van der Waals surface area contributed by atoms with Gasteiger partial charge in [-0.3, -0.25) is 9.59 Å². The Balaban J connectivity index is 2.63. The van der Waals surface area contributed by atoms with Gasteiger partial charge in [-0.25, -0.2) is 0 Å². The first-order valence-electron chi connectivity index (χ1n) is 5.22. The van der Waals surface area contributed by atoms with Crippen molar-refractivity contribution in [1.82, 2.24) is 9.88 Å². The first-order valence-corrected chi connectivity index (χ1v) is 5.22. The molecule has 1 aromatic rings. The standard InChI is InChI=1S/C11H17N3O2/c1-8(2)6-13-10(15)7-14-5-3-4-9(12)11(14)16/h3-5,8H,6-7,12H2,1-2H3,(H,13,15). The third kappa shape index (κ3) is 3.42. The van der Waals surface area contributed by atoms with E-state index in [1.807, 2.05) is 13.8 Å². The van der Waals surface area contributed by atoms with Gasteiger partial charge in [-0.2, -0.15) is 0 Å². The van der Waals surface area contributed by atoms with Gasteiger partial charge < -0.3 is 15.6 Å². The van der Waals surface area contributed by atoms with E-state index >= 15 is 0 Å². The summed E-state index contributed by atoms with van der Waals surface area (Å²) in [5.41, 5.74) is 5.27. The Hall–Kier alpha value is -1.78. The van der Waals surface area contributed by atoms with Gasteiger partial charge in [-0.1, -0.05) is 13.8 Å². The molecule has 1 heterocycles. The van der Waals surface area contributed by atoms with Crippen molar-refractivity contribution >= 4 is 11.6 Å². The van der Waals surface area contributed by atoms with Gasteiger partial charge in [-0.05, 0) is 18.1 Å². The molecule has 88 valence electrons. The molecule has 0 saturated heterocycles. The van der Waals surface area contributed by atoms with Crippen LogP contribution in [0.5, 0.6) is 0 Å². The Labute approximate surface area is 94.3 Å². The monoisotopic (exact) mass is 223 g/mol. The van der Waals surface area contributed by atoms with Crippen LogP contribution in [-0.2, 0) is 11.3 Å². The molecule has 1 rings (SSSR count). The Bertz CT molecular complexity index is 423. The fraction of sp³-hybridized carbons (Fsp3) is 0.455. The summed E-state index contributed by atoms with van der Waals surface area (Å²) in [5.74, 6) is 0.211. The molecule has 0 spiro atoms. The quantitative estimate of drug-likeness (QED) is 0.765. The maximum absolute atomic E-state index is 11.5. The molecule has 16 heavy (non-hydrogen) atoms. The zero-order chi connectivity index (χ0) is 12.1. The Kier molecular flexibility index (Phi) is 4.10. The topological polar surface area (TPSA) is 77.1 Å². The van der Waals surface area contributed by atoms with Gasteiger partial charge in [0, 0.05) is 12.7 Å². The van der Waals surface area contributed by atoms with Crippen LogP contribution in [0.3, 0.4) is 0 Å². The molecule has 0 radical (unpaired) electrons. The average Bonchev–Trinajstić information content (AvgIpc) is 2.22. The Morgan fingerprint density at radius 1 is 1.56 bits per heavy atom. The molecule has 5 nitrogen and oxygen atoms in total. The summed E-state index contributed by atoms with van der Waals surface area (Å²) >= 11 is 0. The normalized spacial score (nSPS) is 10.4.